The van der Waals surface area contributed by atoms with Gasteiger partial charge in [0.2, 0.25) is 0 Å². The molecule has 0 radical (unpaired) electrons. The summed E-state index contributed by atoms with van der Waals surface area (Å²) in [7, 11) is 1.53. The minimum atomic E-state index is -0.800. The predicted octanol–water partition coefficient (Wildman–Crippen LogP) is 0.827. The Labute approximate surface area is 123 Å². The van der Waals surface area contributed by atoms with Crippen LogP contribution in [0.15, 0.2) is 16.8 Å². The molecular weight excluding hydrogens is 272 g/mol. The molecule has 1 aromatic rings. The van der Waals surface area contributed by atoms with E-state index < -0.39 is 5.54 Å². The molecule has 114 valence electrons. The highest BCUT2D eigenvalue weighted by molar-refractivity contribution is 6.06. The zero-order valence-corrected chi connectivity index (χ0v) is 12.3. The smallest absolute Gasteiger partial charge is 0.324 e. The van der Waals surface area contributed by atoms with E-state index >= 15 is 0 Å². The number of urea groups is 1. The summed E-state index contributed by atoms with van der Waals surface area (Å²) in [6.07, 6.45) is 3.57. The lowest BCUT2D eigenvalue weighted by atomic mass is 9.80. The van der Waals surface area contributed by atoms with Crippen molar-refractivity contribution in [3.05, 3.63) is 18.0 Å². The molecule has 7 heteroatoms. The maximum absolute atomic E-state index is 12.4. The van der Waals surface area contributed by atoms with E-state index in [2.05, 4.69) is 15.4 Å². The van der Waals surface area contributed by atoms with Gasteiger partial charge in [0.1, 0.15) is 5.54 Å². The van der Waals surface area contributed by atoms with Crippen molar-refractivity contribution in [3.63, 3.8) is 0 Å². The summed E-state index contributed by atoms with van der Waals surface area (Å²) in [5.41, 5.74) is -0.800. The summed E-state index contributed by atoms with van der Waals surface area (Å²) in [5, 5.41) is 6.56. The van der Waals surface area contributed by atoms with E-state index in [0.29, 0.717) is 6.54 Å². The Kier molecular flexibility index (Phi) is 3.44. The van der Waals surface area contributed by atoms with Gasteiger partial charge in [0.15, 0.2) is 5.76 Å². The van der Waals surface area contributed by atoms with Crippen LogP contribution in [0, 0.1) is 5.92 Å². The van der Waals surface area contributed by atoms with Crippen molar-refractivity contribution in [1.29, 1.82) is 0 Å². The quantitative estimate of drug-likeness (QED) is 0.835. The molecule has 2 atom stereocenters. The molecule has 0 bridgehead atoms. The summed E-state index contributed by atoms with van der Waals surface area (Å²) in [4.78, 5) is 27.5. The first-order chi connectivity index (χ1) is 10.0. The molecule has 3 heterocycles. The summed E-state index contributed by atoms with van der Waals surface area (Å²) in [6.45, 7) is 4.24. The number of amides is 3. The number of imide groups is 1. The third kappa shape index (κ3) is 2.42. The first-order valence-corrected chi connectivity index (χ1v) is 7.23. The van der Waals surface area contributed by atoms with Gasteiger partial charge in [-0.1, -0.05) is 5.16 Å². The second kappa shape index (κ2) is 5.14. The van der Waals surface area contributed by atoms with Gasteiger partial charge in [-0.25, -0.2) is 4.79 Å². The topological polar surface area (TPSA) is 78.7 Å². The van der Waals surface area contributed by atoms with Crippen LogP contribution in [0.1, 0.15) is 25.5 Å². The van der Waals surface area contributed by atoms with Gasteiger partial charge in [-0.15, -0.1) is 0 Å². The molecule has 7 nitrogen and oxygen atoms in total. The molecular formula is C14H20N4O3. The normalized spacial score (nSPS) is 30.8. The van der Waals surface area contributed by atoms with Crippen molar-refractivity contribution in [3.8, 4) is 0 Å². The fraction of sp³-hybridized carbons (Fsp3) is 0.643. The number of likely N-dealkylation sites (N-methyl/N-ethyl adjacent to an activating group) is 1. The molecule has 0 aromatic carbocycles. The fourth-order valence-electron chi connectivity index (χ4n) is 3.29. The largest absolute Gasteiger partial charge is 0.360 e. The average Bonchev–Trinajstić information content (AvgIpc) is 3.04. The maximum atomic E-state index is 12.4. The highest BCUT2D eigenvalue weighted by Gasteiger charge is 2.51. The van der Waals surface area contributed by atoms with E-state index in [-0.39, 0.29) is 17.9 Å². The number of carbonyl (C=O) groups is 2. The highest BCUT2D eigenvalue weighted by atomic mass is 16.5. The third-order valence-corrected chi connectivity index (χ3v) is 4.61. The average molecular weight is 292 g/mol. The van der Waals surface area contributed by atoms with E-state index in [4.69, 9.17) is 4.52 Å². The molecule has 1 N–H and O–H groups in total. The second-order valence-corrected chi connectivity index (χ2v) is 6.05. The van der Waals surface area contributed by atoms with Crippen LogP contribution >= 0.6 is 0 Å². The van der Waals surface area contributed by atoms with Gasteiger partial charge in [0.05, 0.1) is 12.7 Å². The van der Waals surface area contributed by atoms with Gasteiger partial charge in [-0.2, -0.15) is 0 Å². The number of carbonyl (C=O) groups excluding carboxylic acids is 2. The molecule has 0 spiro atoms. The lowest BCUT2D eigenvalue weighted by Gasteiger charge is -2.39. The number of nitrogens with zero attached hydrogens (tertiary/aromatic N) is 3. The number of hydrogen-bond acceptors (Lipinski definition) is 5. The summed E-state index contributed by atoms with van der Waals surface area (Å²) in [6, 6.07) is 1.54. The van der Waals surface area contributed by atoms with Crippen molar-refractivity contribution in [2.75, 3.05) is 20.1 Å². The fourth-order valence-corrected chi connectivity index (χ4v) is 3.29. The zero-order valence-electron chi connectivity index (χ0n) is 12.3. The molecule has 0 saturated carbocycles. The van der Waals surface area contributed by atoms with E-state index in [1.54, 1.807) is 6.20 Å². The lowest BCUT2D eigenvalue weighted by molar-refractivity contribution is -0.132. The van der Waals surface area contributed by atoms with Crippen molar-refractivity contribution < 1.29 is 14.1 Å². The van der Waals surface area contributed by atoms with Crippen molar-refractivity contribution in [2.45, 2.75) is 31.8 Å². The number of piperidine rings is 1. The van der Waals surface area contributed by atoms with E-state index in [9.17, 15) is 9.59 Å². The zero-order chi connectivity index (χ0) is 15.0. The molecule has 3 amide bonds. The second-order valence-electron chi connectivity index (χ2n) is 6.05. The number of nitrogens with one attached hydrogen (secondary N) is 1. The first kappa shape index (κ1) is 14.1. The standard InChI is InChI=1S/C14H20N4O3/c1-14(12(19)17(2)13(20)16-14)10-4-3-7-18(8-10)9-11-5-6-15-21-11/h5-6,10H,3-4,7-9H2,1-2H3,(H,16,20)/t10-,14+/m0/s1. The van der Waals surface area contributed by atoms with Gasteiger partial charge in [-0.3, -0.25) is 14.6 Å². The molecule has 0 unspecified atom stereocenters. The molecule has 21 heavy (non-hydrogen) atoms. The Morgan fingerprint density at radius 1 is 1.52 bits per heavy atom. The minimum Gasteiger partial charge on any atom is -0.360 e. The van der Waals surface area contributed by atoms with Gasteiger partial charge < -0.3 is 9.84 Å². The minimum absolute atomic E-state index is 0.107. The van der Waals surface area contributed by atoms with Crippen molar-refractivity contribution in [1.82, 2.24) is 20.3 Å². The Hall–Kier alpha value is -1.89. The molecule has 3 rings (SSSR count). The molecule has 2 aliphatic rings. The Bertz CT molecular complexity index is 544. The van der Waals surface area contributed by atoms with Crippen LogP contribution in [0.2, 0.25) is 0 Å². The number of hydrogen-bond donors (Lipinski definition) is 1. The maximum Gasteiger partial charge on any atom is 0.324 e. The molecule has 2 aliphatic heterocycles. The third-order valence-electron chi connectivity index (χ3n) is 4.61. The molecule has 1 aromatic heterocycles. The van der Waals surface area contributed by atoms with Crippen LogP contribution in [-0.2, 0) is 11.3 Å². The molecule has 2 fully saturated rings. The lowest BCUT2D eigenvalue weighted by Crippen LogP contribution is -2.55. The SMILES string of the molecule is CN1C(=O)N[C@](C)([C@H]2CCCN(Cc3ccno3)C2)C1=O. The Morgan fingerprint density at radius 3 is 2.95 bits per heavy atom. The van der Waals surface area contributed by atoms with E-state index in [1.165, 1.54) is 11.9 Å². The summed E-state index contributed by atoms with van der Waals surface area (Å²) >= 11 is 0. The van der Waals surface area contributed by atoms with E-state index in [1.807, 2.05) is 13.0 Å². The first-order valence-electron chi connectivity index (χ1n) is 7.23. The monoisotopic (exact) mass is 292 g/mol. The highest BCUT2D eigenvalue weighted by Crippen LogP contribution is 2.32. The number of rotatable bonds is 3. The van der Waals surface area contributed by atoms with Gasteiger partial charge in [0, 0.05) is 25.6 Å². The summed E-state index contributed by atoms with van der Waals surface area (Å²) in [5.74, 6) is 0.786. The van der Waals surface area contributed by atoms with Crippen LogP contribution in [0.3, 0.4) is 0 Å². The van der Waals surface area contributed by atoms with Crippen LogP contribution in [0.25, 0.3) is 0 Å². The molecule has 0 aliphatic carbocycles. The number of likely N-dealkylation sites (tertiary alicyclic amines) is 1. The number of aromatic nitrogens is 1. The van der Waals surface area contributed by atoms with Crippen LogP contribution in [-0.4, -0.2) is 52.6 Å². The Balaban J connectivity index is 1.71. The van der Waals surface area contributed by atoms with E-state index in [0.717, 1.165) is 31.7 Å². The molecule has 2 saturated heterocycles. The van der Waals surface area contributed by atoms with Crippen molar-refractivity contribution >= 4 is 11.9 Å². The predicted molar refractivity (Wildman–Crippen MR) is 74.2 cm³/mol. The summed E-state index contributed by atoms with van der Waals surface area (Å²) < 4.78 is 5.14. The van der Waals surface area contributed by atoms with Crippen LogP contribution in [0.5, 0.6) is 0 Å². The van der Waals surface area contributed by atoms with Gasteiger partial charge in [0.25, 0.3) is 5.91 Å². The van der Waals surface area contributed by atoms with Crippen LogP contribution in [0.4, 0.5) is 4.79 Å². The Morgan fingerprint density at radius 2 is 2.33 bits per heavy atom. The van der Waals surface area contributed by atoms with Crippen molar-refractivity contribution in [2.24, 2.45) is 5.92 Å². The van der Waals surface area contributed by atoms with Gasteiger partial charge in [-0.05, 0) is 26.3 Å². The van der Waals surface area contributed by atoms with Crippen LogP contribution < -0.4 is 5.32 Å². The van der Waals surface area contributed by atoms with Gasteiger partial charge >= 0.3 is 6.03 Å².